The molecule has 0 amide bonds. The molecule has 3 saturated carbocycles. The molecule has 122 valence electrons. The fourth-order valence-electron chi connectivity index (χ4n) is 6.99. The molecule has 0 aliphatic heterocycles. The van der Waals surface area contributed by atoms with Gasteiger partial charge in [0.15, 0.2) is 0 Å². The highest BCUT2D eigenvalue weighted by molar-refractivity contribution is 5.20. The topological polar surface area (TPSA) is 20.2 Å². The van der Waals surface area contributed by atoms with Gasteiger partial charge < -0.3 is 5.11 Å². The Morgan fingerprint density at radius 2 is 2.09 bits per heavy atom. The van der Waals surface area contributed by atoms with E-state index in [0.717, 1.165) is 36.5 Å². The van der Waals surface area contributed by atoms with Crippen LogP contribution in [0.1, 0.15) is 71.1 Å². The van der Waals surface area contributed by atoms with Crippen molar-refractivity contribution in [1.29, 1.82) is 0 Å². The Kier molecular flexibility index (Phi) is 3.56. The predicted octanol–water partition coefficient (Wildman–Crippen LogP) is 5.26. The van der Waals surface area contributed by atoms with Crippen LogP contribution in [0.2, 0.25) is 0 Å². The average molecular weight is 300 g/mol. The molecule has 0 saturated heterocycles. The van der Waals surface area contributed by atoms with Crippen molar-refractivity contribution < 1.29 is 5.11 Å². The van der Waals surface area contributed by atoms with E-state index in [1.165, 1.54) is 51.4 Å². The maximum absolute atomic E-state index is 11.3. The van der Waals surface area contributed by atoms with Gasteiger partial charge in [-0.2, -0.15) is 0 Å². The van der Waals surface area contributed by atoms with Gasteiger partial charge in [-0.15, -0.1) is 6.58 Å². The highest BCUT2D eigenvalue weighted by Crippen LogP contribution is 2.65. The summed E-state index contributed by atoms with van der Waals surface area (Å²) in [5, 5.41) is 11.3. The van der Waals surface area contributed by atoms with Gasteiger partial charge in [-0.05, 0) is 93.3 Å². The third-order valence-corrected chi connectivity index (χ3v) is 8.18. The quantitative estimate of drug-likeness (QED) is 0.690. The Hall–Kier alpha value is -0.560. The Balaban J connectivity index is 1.62. The second-order valence-corrected chi connectivity index (χ2v) is 8.81. The maximum Gasteiger partial charge on any atom is 0.0738 e. The van der Waals surface area contributed by atoms with E-state index in [9.17, 15) is 5.11 Å². The van der Waals surface area contributed by atoms with Crippen LogP contribution < -0.4 is 0 Å². The maximum atomic E-state index is 11.3. The second kappa shape index (κ2) is 5.23. The lowest BCUT2D eigenvalue weighted by molar-refractivity contribution is -0.115. The van der Waals surface area contributed by atoms with Gasteiger partial charge in [-0.3, -0.25) is 0 Å². The highest BCUT2D eigenvalue weighted by Gasteiger charge is 2.61. The molecule has 1 heteroatoms. The van der Waals surface area contributed by atoms with Crippen molar-refractivity contribution in [1.82, 2.24) is 0 Å². The zero-order valence-electron chi connectivity index (χ0n) is 14.2. The van der Waals surface area contributed by atoms with Crippen molar-refractivity contribution in [3.05, 3.63) is 24.3 Å². The summed E-state index contributed by atoms with van der Waals surface area (Å²) in [6.07, 6.45) is 17.0. The van der Waals surface area contributed by atoms with Crippen LogP contribution in [0.25, 0.3) is 0 Å². The largest absolute Gasteiger partial charge is 0.389 e. The molecule has 0 aromatic carbocycles. The van der Waals surface area contributed by atoms with Crippen molar-refractivity contribution in [3.8, 4) is 0 Å². The number of rotatable bonds is 2. The van der Waals surface area contributed by atoms with Gasteiger partial charge >= 0.3 is 0 Å². The first-order chi connectivity index (χ1) is 10.6. The van der Waals surface area contributed by atoms with Crippen LogP contribution in [0.15, 0.2) is 24.3 Å². The Morgan fingerprint density at radius 3 is 2.91 bits per heavy atom. The average Bonchev–Trinajstić information content (AvgIpc) is 2.79. The Bertz CT molecular complexity index is 492. The molecule has 0 spiro atoms. The summed E-state index contributed by atoms with van der Waals surface area (Å²) in [7, 11) is 0. The molecule has 4 aliphatic carbocycles. The van der Waals surface area contributed by atoms with E-state index in [4.69, 9.17) is 0 Å². The number of allylic oxidation sites excluding steroid dienone is 2. The van der Waals surface area contributed by atoms with E-state index in [1.807, 2.05) is 6.08 Å². The van der Waals surface area contributed by atoms with E-state index >= 15 is 0 Å². The van der Waals surface area contributed by atoms with Crippen molar-refractivity contribution in [2.45, 2.75) is 76.7 Å². The van der Waals surface area contributed by atoms with Crippen LogP contribution in [0.4, 0.5) is 0 Å². The van der Waals surface area contributed by atoms with Gasteiger partial charge in [0, 0.05) is 0 Å². The first-order valence-electron chi connectivity index (χ1n) is 9.61. The van der Waals surface area contributed by atoms with Gasteiger partial charge in [-0.1, -0.05) is 24.6 Å². The molecule has 0 aromatic rings. The molecule has 1 N–H and O–H groups in total. The minimum Gasteiger partial charge on any atom is -0.389 e. The number of hydrogen-bond donors (Lipinski definition) is 1. The van der Waals surface area contributed by atoms with Crippen molar-refractivity contribution in [2.75, 3.05) is 0 Å². The number of fused-ring (bicyclic) bond motifs is 5. The molecule has 4 rings (SSSR count). The van der Waals surface area contributed by atoms with Crippen molar-refractivity contribution >= 4 is 0 Å². The summed E-state index contributed by atoms with van der Waals surface area (Å²) >= 11 is 0. The molecule has 3 fully saturated rings. The lowest BCUT2D eigenvalue weighted by Crippen LogP contribution is -2.52. The smallest absolute Gasteiger partial charge is 0.0738 e. The van der Waals surface area contributed by atoms with E-state index in [-0.39, 0.29) is 5.41 Å². The Morgan fingerprint density at radius 1 is 1.23 bits per heavy atom. The molecule has 0 heterocycles. The zero-order valence-corrected chi connectivity index (χ0v) is 14.2. The van der Waals surface area contributed by atoms with Gasteiger partial charge in [0.2, 0.25) is 0 Å². The van der Waals surface area contributed by atoms with E-state index in [0.29, 0.717) is 0 Å². The first kappa shape index (κ1) is 15.0. The second-order valence-electron chi connectivity index (χ2n) is 8.81. The SMILES string of the molecule is C=CC[C@]1(O)CC[C@H]2[C@@H]3CCC4=CCCC[C@@H]4[C@H]3CC[C@@]21C. The van der Waals surface area contributed by atoms with Gasteiger partial charge in [0.1, 0.15) is 0 Å². The Labute approximate surface area is 135 Å². The minimum atomic E-state index is -0.479. The molecular weight excluding hydrogens is 268 g/mol. The fourth-order valence-corrected chi connectivity index (χ4v) is 6.99. The number of aliphatic hydroxyl groups is 1. The molecule has 4 aliphatic rings. The molecule has 0 unspecified atom stereocenters. The van der Waals surface area contributed by atoms with Crippen LogP contribution >= 0.6 is 0 Å². The summed E-state index contributed by atoms with van der Waals surface area (Å²) in [4.78, 5) is 0. The third kappa shape index (κ3) is 1.94. The lowest BCUT2D eigenvalue weighted by atomic mass is 9.50. The van der Waals surface area contributed by atoms with E-state index in [1.54, 1.807) is 5.57 Å². The third-order valence-electron chi connectivity index (χ3n) is 8.18. The van der Waals surface area contributed by atoms with Crippen molar-refractivity contribution in [3.63, 3.8) is 0 Å². The van der Waals surface area contributed by atoms with Crippen LogP contribution in [0, 0.1) is 29.1 Å². The highest BCUT2D eigenvalue weighted by atomic mass is 16.3. The molecule has 0 bridgehead atoms. The lowest BCUT2D eigenvalue weighted by Gasteiger charge is -2.55. The first-order valence-corrected chi connectivity index (χ1v) is 9.61. The number of hydrogen-bond acceptors (Lipinski definition) is 1. The van der Waals surface area contributed by atoms with Gasteiger partial charge in [0.25, 0.3) is 0 Å². The fraction of sp³-hybridized carbons (Fsp3) is 0.810. The van der Waals surface area contributed by atoms with Crippen LogP contribution in [-0.2, 0) is 0 Å². The normalized spacial score (nSPS) is 50.5. The van der Waals surface area contributed by atoms with E-state index < -0.39 is 5.60 Å². The molecule has 0 radical (unpaired) electrons. The monoisotopic (exact) mass is 300 g/mol. The standard InChI is InChI=1S/C21H32O/c1-3-12-21(22)14-11-19-18-9-8-15-6-4-5-7-16(15)17(18)10-13-20(19,21)2/h3,6,16-19,22H,1,4-5,7-14H2,2H3/t16-,17+,18+,19-,20-,21-/m0/s1. The predicted molar refractivity (Wildman–Crippen MR) is 91.5 cm³/mol. The molecule has 1 nitrogen and oxygen atoms in total. The minimum absolute atomic E-state index is 0.137. The van der Waals surface area contributed by atoms with Crippen molar-refractivity contribution in [2.24, 2.45) is 29.1 Å². The summed E-state index contributed by atoms with van der Waals surface area (Å²) in [6.45, 7) is 6.31. The molecule has 22 heavy (non-hydrogen) atoms. The summed E-state index contributed by atoms with van der Waals surface area (Å²) in [5.41, 5.74) is 1.46. The van der Waals surface area contributed by atoms with Gasteiger partial charge in [0.05, 0.1) is 5.60 Å². The summed E-state index contributed by atoms with van der Waals surface area (Å²) in [6, 6.07) is 0. The van der Waals surface area contributed by atoms with Crippen LogP contribution in [0.5, 0.6) is 0 Å². The van der Waals surface area contributed by atoms with Gasteiger partial charge in [-0.25, -0.2) is 0 Å². The molecular formula is C21H32O. The zero-order chi connectivity index (χ0) is 15.4. The molecule has 6 atom stereocenters. The summed E-state index contributed by atoms with van der Waals surface area (Å²) in [5.74, 6) is 3.44. The summed E-state index contributed by atoms with van der Waals surface area (Å²) < 4.78 is 0. The van der Waals surface area contributed by atoms with Crippen LogP contribution in [-0.4, -0.2) is 10.7 Å². The van der Waals surface area contributed by atoms with Crippen LogP contribution in [0.3, 0.4) is 0 Å². The molecule has 0 aromatic heterocycles. The van der Waals surface area contributed by atoms with E-state index in [2.05, 4.69) is 19.6 Å².